The third-order valence-electron chi connectivity index (χ3n) is 5.47. The normalized spacial score (nSPS) is 12.2. The Hall–Kier alpha value is -3.60. The minimum Gasteiger partial charge on any atom is -0.491 e. The number of oxazole rings is 1. The summed E-state index contributed by atoms with van der Waals surface area (Å²) in [4.78, 5) is 17.2. The van der Waals surface area contributed by atoms with Crippen LogP contribution in [0.1, 0.15) is 56.0 Å². The second-order valence-electron chi connectivity index (χ2n) is 8.28. The summed E-state index contributed by atoms with van der Waals surface area (Å²) in [6.07, 6.45) is 1.18. The molecule has 0 saturated carbocycles. The van der Waals surface area contributed by atoms with Gasteiger partial charge in [0.2, 0.25) is 5.89 Å². The summed E-state index contributed by atoms with van der Waals surface area (Å²) in [5.74, 6) is 1.63. The highest BCUT2D eigenvalue weighted by molar-refractivity contribution is 6.04. The number of hydrogen-bond acceptors (Lipinski definition) is 4. The average Bonchev–Trinajstić information content (AvgIpc) is 3.22. The molecule has 1 N–H and O–H groups in total. The number of carbonyl (C=O) groups is 1. The van der Waals surface area contributed by atoms with Crippen LogP contribution >= 0.6 is 0 Å². The number of aromatic nitrogens is 1. The fourth-order valence-corrected chi connectivity index (χ4v) is 3.47. The molecule has 0 saturated heterocycles. The number of ether oxygens (including phenoxy) is 1. The van der Waals surface area contributed by atoms with Crippen LogP contribution in [-0.4, -0.2) is 17.0 Å². The van der Waals surface area contributed by atoms with Gasteiger partial charge in [-0.05, 0) is 92.4 Å². The molecule has 5 nitrogen and oxygen atoms in total. The Labute approximate surface area is 188 Å². The molecular weight excluding hydrogens is 400 g/mol. The lowest BCUT2D eigenvalue weighted by atomic mass is 9.98. The van der Waals surface area contributed by atoms with Gasteiger partial charge in [0.1, 0.15) is 11.3 Å². The highest BCUT2D eigenvalue weighted by atomic mass is 16.5. The molecular formula is C27H28N2O3. The fourth-order valence-electron chi connectivity index (χ4n) is 3.47. The van der Waals surface area contributed by atoms with E-state index in [1.54, 1.807) is 24.3 Å². The summed E-state index contributed by atoms with van der Waals surface area (Å²) < 4.78 is 11.6. The fraction of sp³-hybridized carbons (Fsp3) is 0.259. The van der Waals surface area contributed by atoms with Gasteiger partial charge < -0.3 is 14.5 Å². The molecule has 0 aliphatic carbocycles. The highest BCUT2D eigenvalue weighted by Gasteiger charge is 2.12. The van der Waals surface area contributed by atoms with E-state index in [0.29, 0.717) is 23.1 Å². The van der Waals surface area contributed by atoms with Crippen molar-refractivity contribution >= 4 is 22.7 Å². The Morgan fingerprint density at radius 1 is 1.00 bits per heavy atom. The van der Waals surface area contributed by atoms with Crippen LogP contribution in [0, 0.1) is 0 Å². The van der Waals surface area contributed by atoms with Crippen LogP contribution in [0.5, 0.6) is 5.75 Å². The van der Waals surface area contributed by atoms with Crippen molar-refractivity contribution in [2.75, 3.05) is 5.32 Å². The van der Waals surface area contributed by atoms with E-state index < -0.39 is 0 Å². The molecule has 4 aromatic rings. The molecule has 0 fully saturated rings. The third kappa shape index (κ3) is 4.83. The molecule has 1 heterocycles. The van der Waals surface area contributed by atoms with E-state index in [1.807, 2.05) is 44.2 Å². The van der Waals surface area contributed by atoms with E-state index in [2.05, 4.69) is 36.3 Å². The highest BCUT2D eigenvalue weighted by Crippen LogP contribution is 2.28. The number of rotatable bonds is 7. The van der Waals surface area contributed by atoms with Crippen LogP contribution in [0.2, 0.25) is 0 Å². The number of anilines is 1. The SMILES string of the molecule is CCC(C)c1ccc2oc(-c3ccc(NC(=O)c4ccc(OC(C)C)cc4)cc3)nc2c1. The summed E-state index contributed by atoms with van der Waals surface area (Å²) in [5.41, 5.74) is 5.04. The Morgan fingerprint density at radius 3 is 2.38 bits per heavy atom. The topological polar surface area (TPSA) is 64.4 Å². The van der Waals surface area contributed by atoms with Gasteiger partial charge >= 0.3 is 0 Å². The van der Waals surface area contributed by atoms with Crippen LogP contribution in [0.15, 0.2) is 71.1 Å². The van der Waals surface area contributed by atoms with Gasteiger partial charge in [0, 0.05) is 16.8 Å². The second-order valence-corrected chi connectivity index (χ2v) is 8.28. The molecule has 0 aliphatic rings. The summed E-state index contributed by atoms with van der Waals surface area (Å²) in [5, 5.41) is 2.92. The number of fused-ring (bicyclic) bond motifs is 1. The molecule has 3 aromatic carbocycles. The molecule has 1 unspecified atom stereocenters. The van der Waals surface area contributed by atoms with Crippen LogP contribution in [0.25, 0.3) is 22.6 Å². The number of benzene rings is 3. The van der Waals surface area contributed by atoms with Crippen LogP contribution in [-0.2, 0) is 0 Å². The van der Waals surface area contributed by atoms with Gasteiger partial charge in [-0.25, -0.2) is 4.98 Å². The van der Waals surface area contributed by atoms with E-state index in [-0.39, 0.29) is 12.0 Å². The van der Waals surface area contributed by atoms with Crippen LogP contribution in [0.3, 0.4) is 0 Å². The van der Waals surface area contributed by atoms with Crippen molar-refractivity contribution in [2.24, 2.45) is 0 Å². The molecule has 1 amide bonds. The molecule has 0 aliphatic heterocycles. The van der Waals surface area contributed by atoms with Crippen molar-refractivity contribution in [2.45, 2.75) is 46.1 Å². The molecule has 32 heavy (non-hydrogen) atoms. The van der Waals surface area contributed by atoms with E-state index in [4.69, 9.17) is 9.15 Å². The number of nitrogens with zero attached hydrogens (tertiary/aromatic N) is 1. The monoisotopic (exact) mass is 428 g/mol. The minimum absolute atomic E-state index is 0.0939. The Morgan fingerprint density at radius 2 is 1.72 bits per heavy atom. The summed E-state index contributed by atoms with van der Waals surface area (Å²) >= 11 is 0. The minimum atomic E-state index is -0.173. The third-order valence-corrected chi connectivity index (χ3v) is 5.47. The maximum atomic E-state index is 12.5. The first-order chi connectivity index (χ1) is 15.4. The first-order valence-electron chi connectivity index (χ1n) is 11.0. The second kappa shape index (κ2) is 9.27. The number of carbonyl (C=O) groups excluding carboxylic acids is 1. The summed E-state index contributed by atoms with van der Waals surface area (Å²) in [6, 6.07) is 20.8. The van der Waals surface area contributed by atoms with Gasteiger partial charge in [0.05, 0.1) is 6.10 Å². The summed E-state index contributed by atoms with van der Waals surface area (Å²) in [7, 11) is 0. The summed E-state index contributed by atoms with van der Waals surface area (Å²) in [6.45, 7) is 8.33. The maximum absolute atomic E-state index is 12.5. The smallest absolute Gasteiger partial charge is 0.255 e. The largest absolute Gasteiger partial charge is 0.491 e. The molecule has 1 aromatic heterocycles. The molecule has 0 bridgehead atoms. The first kappa shape index (κ1) is 21.6. The first-order valence-corrected chi connectivity index (χ1v) is 11.0. The zero-order chi connectivity index (χ0) is 22.7. The van der Waals surface area contributed by atoms with Gasteiger partial charge in [-0.15, -0.1) is 0 Å². The van der Waals surface area contributed by atoms with Crippen molar-refractivity contribution in [1.29, 1.82) is 0 Å². The molecule has 0 spiro atoms. The van der Waals surface area contributed by atoms with Crippen molar-refractivity contribution in [3.8, 4) is 17.2 Å². The van der Waals surface area contributed by atoms with Gasteiger partial charge in [-0.1, -0.05) is 19.9 Å². The standard InChI is InChI=1S/C27H28N2O3/c1-5-18(4)21-10-15-25-24(16-21)29-27(32-25)20-6-11-22(12-7-20)28-26(30)19-8-13-23(14-9-19)31-17(2)3/h6-18H,5H2,1-4H3,(H,28,30). The zero-order valence-corrected chi connectivity index (χ0v) is 18.9. The van der Waals surface area contributed by atoms with Crippen LogP contribution < -0.4 is 10.1 Å². The van der Waals surface area contributed by atoms with Gasteiger partial charge in [0.25, 0.3) is 5.91 Å². The lowest BCUT2D eigenvalue weighted by Crippen LogP contribution is -2.12. The predicted octanol–water partition coefficient (Wildman–Crippen LogP) is 7.05. The molecule has 4 rings (SSSR count). The number of hydrogen-bond donors (Lipinski definition) is 1. The van der Waals surface area contributed by atoms with Crippen molar-refractivity contribution in [3.63, 3.8) is 0 Å². The van der Waals surface area contributed by atoms with E-state index in [1.165, 1.54) is 5.56 Å². The van der Waals surface area contributed by atoms with Crippen molar-refractivity contribution in [1.82, 2.24) is 4.98 Å². The van der Waals surface area contributed by atoms with E-state index in [9.17, 15) is 4.79 Å². The average molecular weight is 429 g/mol. The predicted molar refractivity (Wildman–Crippen MR) is 128 cm³/mol. The Bertz CT molecular complexity index is 1210. The molecule has 1 atom stereocenters. The van der Waals surface area contributed by atoms with E-state index >= 15 is 0 Å². The molecule has 0 radical (unpaired) electrons. The van der Waals surface area contributed by atoms with Gasteiger partial charge in [-0.3, -0.25) is 4.79 Å². The quantitative estimate of drug-likeness (QED) is 0.343. The lowest BCUT2D eigenvalue weighted by Gasteiger charge is -2.10. The van der Waals surface area contributed by atoms with E-state index in [0.717, 1.165) is 28.8 Å². The maximum Gasteiger partial charge on any atom is 0.255 e. The Balaban J connectivity index is 1.46. The lowest BCUT2D eigenvalue weighted by molar-refractivity contribution is 0.102. The van der Waals surface area contributed by atoms with Crippen LogP contribution in [0.4, 0.5) is 5.69 Å². The Kier molecular flexibility index (Phi) is 6.26. The van der Waals surface area contributed by atoms with Gasteiger partial charge in [0.15, 0.2) is 5.58 Å². The number of amides is 1. The molecule has 164 valence electrons. The van der Waals surface area contributed by atoms with Crippen molar-refractivity contribution < 1.29 is 13.9 Å². The number of nitrogens with one attached hydrogen (secondary N) is 1. The van der Waals surface area contributed by atoms with Crippen molar-refractivity contribution in [3.05, 3.63) is 77.9 Å². The zero-order valence-electron chi connectivity index (χ0n) is 18.9. The van der Waals surface area contributed by atoms with Gasteiger partial charge in [-0.2, -0.15) is 0 Å². The molecule has 5 heteroatoms.